The van der Waals surface area contributed by atoms with E-state index in [-0.39, 0.29) is 62.2 Å². The van der Waals surface area contributed by atoms with Gasteiger partial charge in [-0.05, 0) is 56.5 Å². The molecule has 2 aromatic heterocycles. The molecule has 16 heteroatoms. The van der Waals surface area contributed by atoms with Crippen molar-refractivity contribution in [3.05, 3.63) is 59.5 Å². The molecular weight excluding hydrogens is 695 g/mol. The van der Waals surface area contributed by atoms with Crippen molar-refractivity contribution in [2.45, 2.75) is 62.6 Å². The van der Waals surface area contributed by atoms with Gasteiger partial charge < -0.3 is 24.8 Å². The fourth-order valence-corrected chi connectivity index (χ4v) is 8.72. The highest BCUT2D eigenvalue weighted by Gasteiger charge is 2.49. The Hall–Kier alpha value is -4.59. The average Bonchev–Trinajstić information content (AvgIpc) is 3.85. The zero-order chi connectivity index (χ0) is 36.4. The van der Waals surface area contributed by atoms with Gasteiger partial charge in [-0.15, -0.1) is 11.3 Å². The van der Waals surface area contributed by atoms with E-state index in [0.29, 0.717) is 43.3 Å². The number of hydrogen-bond donors (Lipinski definition) is 1. The first-order valence-electron chi connectivity index (χ1n) is 16.3. The van der Waals surface area contributed by atoms with Crippen LogP contribution < -0.4 is 15.2 Å². The number of aromatic nitrogens is 2. The molecule has 0 spiro atoms. The van der Waals surface area contributed by atoms with Gasteiger partial charge in [0.1, 0.15) is 24.0 Å². The minimum Gasteiger partial charge on any atom is -0.471 e. The summed E-state index contributed by atoms with van der Waals surface area (Å²) < 4.78 is 94.6. The van der Waals surface area contributed by atoms with Crippen LogP contribution in [0.15, 0.2) is 30.9 Å². The number of hydrogen-bond acceptors (Lipinski definition) is 9. The van der Waals surface area contributed by atoms with Crippen LogP contribution in [0.3, 0.4) is 0 Å². The molecule has 1 amide bonds. The molecule has 2 N–H and O–H groups in total. The molecule has 0 bridgehead atoms. The molecular formula is C35H33F5N6O4S. The van der Waals surface area contributed by atoms with Crippen LogP contribution in [-0.4, -0.2) is 82.8 Å². The highest BCUT2D eigenvalue weighted by atomic mass is 32.1. The number of nitrogens with zero attached hydrogens (tertiary/aromatic N) is 5. The average molecular weight is 729 g/mol. The first-order valence-corrected chi connectivity index (χ1v) is 17.1. The summed E-state index contributed by atoms with van der Waals surface area (Å²) in [5.41, 5.74) is 2.02. The molecule has 4 atom stereocenters. The number of nitrogen functional groups attached to an aromatic ring is 1. The second kappa shape index (κ2) is 12.9. The summed E-state index contributed by atoms with van der Waals surface area (Å²) in [4.78, 5) is 28.3. The van der Waals surface area contributed by atoms with Crippen LogP contribution in [0.4, 0.5) is 32.6 Å². The lowest BCUT2D eigenvalue weighted by Gasteiger charge is -2.31. The van der Waals surface area contributed by atoms with Crippen LogP contribution in [-0.2, 0) is 15.7 Å². The first-order chi connectivity index (χ1) is 24.3. The van der Waals surface area contributed by atoms with Crippen molar-refractivity contribution in [3.63, 3.8) is 0 Å². The van der Waals surface area contributed by atoms with E-state index in [0.717, 1.165) is 37.6 Å². The highest BCUT2D eigenvalue weighted by Crippen LogP contribution is 2.51. The second-order valence-electron chi connectivity index (χ2n) is 13.1. The van der Waals surface area contributed by atoms with Gasteiger partial charge >= 0.3 is 12.2 Å². The number of alkyl halides is 3. The highest BCUT2D eigenvalue weighted by molar-refractivity contribution is 7.23. The normalized spacial score (nSPS) is 23.6. The van der Waals surface area contributed by atoms with Crippen molar-refractivity contribution in [2.75, 3.05) is 39.1 Å². The third kappa shape index (κ3) is 5.81. The lowest BCUT2D eigenvalue weighted by Crippen LogP contribution is -2.43. The van der Waals surface area contributed by atoms with E-state index in [4.69, 9.17) is 26.5 Å². The van der Waals surface area contributed by atoms with Crippen LogP contribution in [0.2, 0.25) is 0 Å². The fraction of sp³-hybridized carbons (Fsp3) is 0.429. The lowest BCUT2D eigenvalue weighted by molar-refractivity contribution is -0.137. The third-order valence-electron chi connectivity index (χ3n) is 10.3. The summed E-state index contributed by atoms with van der Waals surface area (Å²) in [5.74, 6) is -2.91. The zero-order valence-electron chi connectivity index (χ0n) is 27.6. The Bertz CT molecular complexity index is 2120. The summed E-state index contributed by atoms with van der Waals surface area (Å²) in [5, 5.41) is -0.738. The standard InChI is InChI=1S/C35H33F5N6O4S/c1-5-24(47)46-12-9-23(17(46)2)50-32-20-13-21(35(38,39)40)25(19-7-8-22(36)30-26(19)29(42-3)31(41)51-30)27(37)28(20)43-33(44-32)49-16-34-10-6-11-45(34)15-18(14-34)48-4/h5,7-8,13,17-18,23H,1,6,9-12,14-16,41H2,2,4H3/t17-,18-,23?,34+/m1/s1. The van der Waals surface area contributed by atoms with Crippen molar-refractivity contribution < 1.29 is 41.0 Å². The topological polar surface area (TPSA) is 107 Å². The smallest absolute Gasteiger partial charge is 0.417 e. The summed E-state index contributed by atoms with van der Waals surface area (Å²) in [6.07, 6.45) is -1.98. The zero-order valence-corrected chi connectivity index (χ0v) is 28.5. The number of anilines is 1. The molecule has 3 aliphatic rings. The summed E-state index contributed by atoms with van der Waals surface area (Å²) >= 11 is 0.688. The molecule has 0 aliphatic carbocycles. The maximum atomic E-state index is 17.0. The Labute approximate surface area is 293 Å². The van der Waals surface area contributed by atoms with Gasteiger partial charge in [-0.3, -0.25) is 9.69 Å². The Morgan fingerprint density at radius 2 is 2.06 bits per heavy atom. The number of likely N-dealkylation sites (tertiary alicyclic amines) is 1. The molecule has 0 saturated carbocycles. The second-order valence-corrected chi connectivity index (χ2v) is 14.1. The van der Waals surface area contributed by atoms with E-state index in [2.05, 4.69) is 26.3 Å². The summed E-state index contributed by atoms with van der Waals surface area (Å²) in [7, 11) is 1.64. The first kappa shape index (κ1) is 34.8. The Morgan fingerprint density at radius 1 is 1.27 bits per heavy atom. The number of fused-ring (bicyclic) bond motifs is 3. The van der Waals surface area contributed by atoms with E-state index in [1.165, 1.54) is 4.90 Å². The van der Waals surface area contributed by atoms with E-state index < -0.39 is 52.1 Å². The quantitative estimate of drug-likeness (QED) is 0.116. The number of ether oxygens (including phenoxy) is 3. The minimum absolute atomic E-state index is 0.0183. The molecule has 2 aromatic carbocycles. The van der Waals surface area contributed by atoms with Gasteiger partial charge in [-0.25, -0.2) is 13.6 Å². The maximum absolute atomic E-state index is 17.0. The van der Waals surface area contributed by atoms with Crippen molar-refractivity contribution in [1.29, 1.82) is 0 Å². The maximum Gasteiger partial charge on any atom is 0.417 e. The van der Waals surface area contributed by atoms with Gasteiger partial charge in [0.15, 0.2) is 5.82 Å². The largest absolute Gasteiger partial charge is 0.471 e. The van der Waals surface area contributed by atoms with Gasteiger partial charge in [-0.2, -0.15) is 23.1 Å². The minimum atomic E-state index is -5.13. The molecule has 51 heavy (non-hydrogen) atoms. The van der Waals surface area contributed by atoms with Crippen molar-refractivity contribution in [2.24, 2.45) is 0 Å². The molecule has 1 unspecified atom stereocenters. The monoisotopic (exact) mass is 728 g/mol. The van der Waals surface area contributed by atoms with Crippen molar-refractivity contribution >= 4 is 48.9 Å². The number of carbonyl (C=O) groups is 1. The third-order valence-corrected chi connectivity index (χ3v) is 11.4. The van der Waals surface area contributed by atoms with E-state index >= 15 is 4.39 Å². The van der Waals surface area contributed by atoms with Crippen LogP contribution in [0.5, 0.6) is 11.9 Å². The molecule has 3 aliphatic heterocycles. The number of amides is 1. The van der Waals surface area contributed by atoms with Gasteiger partial charge in [0.25, 0.3) is 0 Å². The van der Waals surface area contributed by atoms with Crippen molar-refractivity contribution in [3.8, 4) is 23.0 Å². The van der Waals surface area contributed by atoms with Crippen LogP contribution in [0.25, 0.3) is 37.0 Å². The number of halogens is 5. The molecule has 0 radical (unpaired) electrons. The molecule has 5 heterocycles. The van der Waals surface area contributed by atoms with E-state index in [9.17, 15) is 22.4 Å². The van der Waals surface area contributed by atoms with Gasteiger partial charge in [0.2, 0.25) is 17.5 Å². The number of methoxy groups -OCH3 is 1. The number of rotatable bonds is 8. The van der Waals surface area contributed by atoms with E-state index in [1.807, 2.05) is 0 Å². The number of thiophene rings is 1. The molecule has 7 rings (SSSR count). The van der Waals surface area contributed by atoms with Crippen LogP contribution >= 0.6 is 11.3 Å². The molecule has 3 saturated heterocycles. The van der Waals surface area contributed by atoms with E-state index in [1.54, 1.807) is 14.0 Å². The molecule has 10 nitrogen and oxygen atoms in total. The number of nitrogens with two attached hydrogens (primary N) is 1. The summed E-state index contributed by atoms with van der Waals surface area (Å²) in [6.45, 7) is 14.8. The molecule has 4 aromatic rings. The predicted octanol–water partition coefficient (Wildman–Crippen LogP) is 7.13. The van der Waals surface area contributed by atoms with Crippen LogP contribution in [0.1, 0.15) is 38.2 Å². The molecule has 3 fully saturated rings. The SMILES string of the molecule is [C-]#[N+]c1c(N)sc2c(F)ccc(-c3c(C(F)(F)F)cc4c(OC5CCN(C(=O)C=C)[C@@H]5C)nc(OC[C@@]56CCCN5C[C@H](OC)C6)nc4c3F)c12. The molecule has 268 valence electrons. The number of carbonyl (C=O) groups excluding carboxylic acids is 1. The van der Waals surface area contributed by atoms with Gasteiger partial charge in [-0.1, -0.05) is 12.6 Å². The lowest BCUT2D eigenvalue weighted by atomic mass is 9.93. The number of benzene rings is 2. The van der Waals surface area contributed by atoms with Gasteiger partial charge in [0.05, 0.1) is 44.9 Å². The Balaban J connectivity index is 1.41. The van der Waals surface area contributed by atoms with Crippen molar-refractivity contribution in [1.82, 2.24) is 19.8 Å². The Morgan fingerprint density at radius 3 is 2.76 bits per heavy atom. The van der Waals surface area contributed by atoms with Crippen LogP contribution in [0, 0.1) is 18.2 Å². The predicted molar refractivity (Wildman–Crippen MR) is 181 cm³/mol. The van der Waals surface area contributed by atoms with Gasteiger partial charge in [0, 0.05) is 37.6 Å². The Kier molecular flexibility index (Phi) is 8.79. The summed E-state index contributed by atoms with van der Waals surface area (Å²) in [6, 6.07) is 1.77. The fourth-order valence-electron chi connectivity index (χ4n) is 7.78.